The molecular formula is C24H24ClF3N2O3. The first-order valence-corrected chi connectivity index (χ1v) is 10.5. The molecule has 0 fully saturated rings. The minimum Gasteiger partial charge on any atom is -0.392 e. The number of halogens is 4. The quantitative estimate of drug-likeness (QED) is 0.465. The number of aromatic nitrogens is 1. The molecule has 1 aromatic heterocycles. The molecule has 0 saturated heterocycles. The van der Waals surface area contributed by atoms with Gasteiger partial charge in [-0.1, -0.05) is 54.1 Å². The smallest absolute Gasteiger partial charge is 0.392 e. The molecule has 176 valence electrons. The van der Waals surface area contributed by atoms with Crippen molar-refractivity contribution in [2.24, 2.45) is 0 Å². The van der Waals surface area contributed by atoms with Crippen molar-refractivity contribution in [3.63, 3.8) is 0 Å². The van der Waals surface area contributed by atoms with E-state index in [1.54, 1.807) is 54.6 Å². The average Bonchev–Trinajstić information content (AvgIpc) is 3.06. The van der Waals surface area contributed by atoms with E-state index in [2.05, 4.69) is 0 Å². The lowest BCUT2D eigenvalue weighted by atomic mass is 10.1. The average molecular weight is 481 g/mol. The first kappa shape index (κ1) is 24.7. The van der Waals surface area contributed by atoms with E-state index in [0.29, 0.717) is 16.1 Å². The Balaban J connectivity index is 2.14. The zero-order chi connectivity index (χ0) is 24.4. The second-order valence-electron chi connectivity index (χ2n) is 8.36. The summed E-state index contributed by atoms with van der Waals surface area (Å²) in [5, 5.41) is 10.4. The monoisotopic (exact) mass is 480 g/mol. The highest BCUT2D eigenvalue weighted by atomic mass is 35.5. The van der Waals surface area contributed by atoms with E-state index < -0.39 is 23.6 Å². The standard InChI is InChI=1S/C24H24ClF3N2O3/c1-23(2,32)15-29(3)22(31)33-21-19(17-9-11-18(25)12-10-17)13-20(24(26,27)28)30(21)14-16-7-5-4-6-8-16/h4-13,32H,14-15H2,1-3H3. The molecule has 5 nitrogen and oxygen atoms in total. The van der Waals surface area contributed by atoms with Crippen LogP contribution >= 0.6 is 11.6 Å². The lowest BCUT2D eigenvalue weighted by molar-refractivity contribution is -0.143. The minimum atomic E-state index is -4.69. The maximum Gasteiger partial charge on any atom is 0.431 e. The molecule has 1 N–H and O–H groups in total. The topological polar surface area (TPSA) is 54.7 Å². The van der Waals surface area contributed by atoms with Crippen molar-refractivity contribution in [3.05, 3.63) is 76.9 Å². The van der Waals surface area contributed by atoms with Gasteiger partial charge in [0.15, 0.2) is 0 Å². The zero-order valence-corrected chi connectivity index (χ0v) is 19.1. The van der Waals surface area contributed by atoms with Crippen molar-refractivity contribution in [1.29, 1.82) is 0 Å². The number of benzene rings is 2. The molecule has 0 saturated carbocycles. The third kappa shape index (κ3) is 6.30. The first-order valence-electron chi connectivity index (χ1n) is 10.1. The van der Waals surface area contributed by atoms with Crippen LogP contribution in [0.3, 0.4) is 0 Å². The predicted molar refractivity (Wildman–Crippen MR) is 120 cm³/mol. The van der Waals surface area contributed by atoms with E-state index in [1.807, 2.05) is 0 Å². The van der Waals surface area contributed by atoms with Crippen LogP contribution in [0, 0.1) is 0 Å². The molecule has 0 radical (unpaired) electrons. The SMILES string of the molecule is CN(CC(C)(C)O)C(=O)Oc1c(-c2ccc(Cl)cc2)cc(C(F)(F)F)n1Cc1ccccc1. The fourth-order valence-electron chi connectivity index (χ4n) is 3.44. The number of amides is 1. The molecule has 0 aliphatic heterocycles. The van der Waals surface area contributed by atoms with E-state index in [1.165, 1.54) is 20.9 Å². The lowest BCUT2D eigenvalue weighted by Gasteiger charge is -2.25. The van der Waals surface area contributed by atoms with E-state index in [4.69, 9.17) is 16.3 Å². The van der Waals surface area contributed by atoms with Gasteiger partial charge >= 0.3 is 12.3 Å². The van der Waals surface area contributed by atoms with Gasteiger partial charge in [-0.25, -0.2) is 4.79 Å². The summed E-state index contributed by atoms with van der Waals surface area (Å²) < 4.78 is 48.5. The van der Waals surface area contributed by atoms with Crippen LogP contribution in [0.2, 0.25) is 5.02 Å². The van der Waals surface area contributed by atoms with Crippen LogP contribution in [0.1, 0.15) is 25.1 Å². The number of hydrogen-bond donors (Lipinski definition) is 1. The van der Waals surface area contributed by atoms with Gasteiger partial charge in [-0.15, -0.1) is 0 Å². The summed E-state index contributed by atoms with van der Waals surface area (Å²) in [5.41, 5.74) is -1.06. The van der Waals surface area contributed by atoms with Crippen LogP contribution < -0.4 is 4.74 Å². The number of carbonyl (C=O) groups excluding carboxylic acids is 1. The molecule has 0 bridgehead atoms. The number of rotatable bonds is 6. The van der Waals surface area contributed by atoms with E-state index >= 15 is 0 Å². The lowest BCUT2D eigenvalue weighted by Crippen LogP contribution is -2.41. The molecule has 33 heavy (non-hydrogen) atoms. The summed E-state index contributed by atoms with van der Waals surface area (Å²) in [6.07, 6.45) is -5.59. The van der Waals surface area contributed by atoms with Crippen LogP contribution in [0.25, 0.3) is 11.1 Å². The van der Waals surface area contributed by atoms with Crippen LogP contribution in [-0.2, 0) is 12.7 Å². The molecule has 0 spiro atoms. The molecule has 0 atom stereocenters. The van der Waals surface area contributed by atoms with Gasteiger partial charge in [-0.05, 0) is 43.2 Å². The van der Waals surface area contributed by atoms with Gasteiger partial charge in [0.25, 0.3) is 0 Å². The summed E-state index contributed by atoms with van der Waals surface area (Å²) >= 11 is 5.94. The fourth-order valence-corrected chi connectivity index (χ4v) is 3.57. The summed E-state index contributed by atoms with van der Waals surface area (Å²) in [4.78, 5) is 13.9. The van der Waals surface area contributed by atoms with Gasteiger partial charge in [0.05, 0.1) is 18.7 Å². The molecule has 2 aromatic carbocycles. The highest BCUT2D eigenvalue weighted by molar-refractivity contribution is 6.30. The fraction of sp³-hybridized carbons (Fsp3) is 0.292. The number of hydrogen-bond acceptors (Lipinski definition) is 3. The van der Waals surface area contributed by atoms with E-state index in [0.717, 1.165) is 15.5 Å². The summed E-state index contributed by atoms with van der Waals surface area (Å²) in [6.45, 7) is 2.78. The van der Waals surface area contributed by atoms with Gasteiger partial charge in [0.2, 0.25) is 5.88 Å². The summed E-state index contributed by atoms with van der Waals surface area (Å²) in [6, 6.07) is 15.7. The number of aliphatic hydroxyl groups is 1. The van der Waals surface area contributed by atoms with Crippen molar-refractivity contribution in [2.45, 2.75) is 32.2 Å². The Kier molecular flexibility index (Phi) is 7.09. The molecule has 0 unspecified atom stereocenters. The maximum atomic E-state index is 14.0. The van der Waals surface area contributed by atoms with Gasteiger partial charge in [0.1, 0.15) is 5.69 Å². The van der Waals surface area contributed by atoms with Gasteiger partial charge in [0, 0.05) is 17.6 Å². The number of likely N-dealkylation sites (N-methyl/N-ethyl adjacent to an activating group) is 1. The van der Waals surface area contributed by atoms with Crippen LogP contribution in [0.4, 0.5) is 18.0 Å². The molecule has 9 heteroatoms. The largest absolute Gasteiger partial charge is 0.431 e. The first-order chi connectivity index (χ1) is 15.3. The normalized spacial score (nSPS) is 12.0. The van der Waals surface area contributed by atoms with Crippen LogP contribution in [0.5, 0.6) is 5.88 Å². The molecule has 1 heterocycles. The van der Waals surface area contributed by atoms with Crippen molar-refractivity contribution < 1.29 is 27.8 Å². The number of nitrogens with zero attached hydrogens (tertiary/aromatic N) is 2. The summed E-state index contributed by atoms with van der Waals surface area (Å²) in [5.74, 6) is -0.249. The van der Waals surface area contributed by atoms with Crippen LogP contribution in [0.15, 0.2) is 60.7 Å². The van der Waals surface area contributed by atoms with Crippen molar-refractivity contribution in [2.75, 3.05) is 13.6 Å². The third-order valence-corrected chi connectivity index (χ3v) is 5.05. The number of alkyl halides is 3. The predicted octanol–water partition coefficient (Wildman–Crippen LogP) is 6.08. The Morgan fingerprint density at radius 2 is 1.70 bits per heavy atom. The van der Waals surface area contributed by atoms with Crippen molar-refractivity contribution in [1.82, 2.24) is 9.47 Å². The second kappa shape index (κ2) is 9.49. The van der Waals surface area contributed by atoms with Gasteiger partial charge in [-0.3, -0.25) is 0 Å². The molecular weight excluding hydrogens is 457 g/mol. The number of carbonyl (C=O) groups is 1. The van der Waals surface area contributed by atoms with E-state index in [-0.39, 0.29) is 24.5 Å². The molecule has 3 aromatic rings. The van der Waals surface area contributed by atoms with Crippen molar-refractivity contribution in [3.8, 4) is 17.0 Å². The summed E-state index contributed by atoms with van der Waals surface area (Å²) in [7, 11) is 1.40. The van der Waals surface area contributed by atoms with Gasteiger partial charge < -0.3 is 19.3 Å². The molecule has 1 amide bonds. The minimum absolute atomic E-state index is 0.0758. The number of ether oxygens (including phenoxy) is 1. The molecule has 0 aliphatic rings. The Hall–Kier alpha value is -2.97. The zero-order valence-electron chi connectivity index (χ0n) is 18.4. The highest BCUT2D eigenvalue weighted by Crippen LogP contribution is 2.41. The van der Waals surface area contributed by atoms with E-state index in [9.17, 15) is 23.1 Å². The highest BCUT2D eigenvalue weighted by Gasteiger charge is 2.38. The molecule has 3 rings (SSSR count). The Morgan fingerprint density at radius 3 is 2.24 bits per heavy atom. The third-order valence-electron chi connectivity index (χ3n) is 4.80. The Morgan fingerprint density at radius 1 is 1.09 bits per heavy atom. The van der Waals surface area contributed by atoms with Crippen molar-refractivity contribution >= 4 is 17.7 Å². The van der Waals surface area contributed by atoms with Crippen LogP contribution in [-0.4, -0.2) is 39.9 Å². The Bertz CT molecular complexity index is 1100. The maximum absolute atomic E-state index is 14.0. The van der Waals surface area contributed by atoms with Gasteiger partial charge in [-0.2, -0.15) is 13.2 Å². The Labute approximate surface area is 195 Å². The molecule has 0 aliphatic carbocycles. The second-order valence-corrected chi connectivity index (χ2v) is 8.80.